The van der Waals surface area contributed by atoms with Crippen molar-refractivity contribution in [3.63, 3.8) is 0 Å². The maximum atomic E-state index is 11.6. The summed E-state index contributed by atoms with van der Waals surface area (Å²) in [4.78, 5) is 34.3. The first-order valence-corrected chi connectivity index (χ1v) is 7.42. The zero-order valence-electron chi connectivity index (χ0n) is 13.2. The van der Waals surface area contributed by atoms with E-state index in [1.54, 1.807) is 24.3 Å². The minimum absolute atomic E-state index is 0.0822. The zero-order chi connectivity index (χ0) is 18.8. The molecule has 0 aliphatic heterocycles. The van der Waals surface area contributed by atoms with Crippen LogP contribution in [0.2, 0.25) is 0 Å². The van der Waals surface area contributed by atoms with Crippen molar-refractivity contribution in [1.29, 1.82) is 0 Å². The van der Waals surface area contributed by atoms with Crippen LogP contribution in [0.25, 0.3) is 10.8 Å². The summed E-state index contributed by atoms with van der Waals surface area (Å²) in [7, 11) is 0. The van der Waals surface area contributed by atoms with Gasteiger partial charge in [0.1, 0.15) is 22.6 Å². The summed E-state index contributed by atoms with van der Waals surface area (Å²) in [6.07, 6.45) is 0. The number of hydrogen-bond acceptors (Lipinski definition) is 4. The lowest BCUT2D eigenvalue weighted by Crippen LogP contribution is -2.10. The maximum absolute atomic E-state index is 11.6. The number of carboxylic acids is 3. The topological polar surface area (TPSA) is 121 Å². The standard InChI is InChI=1S/C19H12O7/c20-17(21)12-6-3-7-14(16(12)19(24)25)26-15-9-11-5-2-1-4-10(11)8-13(15)18(22)23/h1-9H,(H,20,21)(H,22,23)(H,24,25). The lowest BCUT2D eigenvalue weighted by atomic mass is 10.0. The molecule has 0 aliphatic rings. The number of rotatable bonds is 5. The third-order valence-electron chi connectivity index (χ3n) is 3.77. The van der Waals surface area contributed by atoms with E-state index in [-0.39, 0.29) is 17.1 Å². The molecule has 26 heavy (non-hydrogen) atoms. The molecule has 3 aromatic rings. The third kappa shape index (κ3) is 3.05. The number of carboxylic acid groups (broad SMARTS) is 3. The van der Waals surface area contributed by atoms with E-state index in [0.717, 1.165) is 6.07 Å². The molecule has 0 bridgehead atoms. The van der Waals surface area contributed by atoms with Gasteiger partial charge in [0, 0.05) is 0 Å². The van der Waals surface area contributed by atoms with E-state index in [2.05, 4.69) is 0 Å². The largest absolute Gasteiger partial charge is 0.478 e. The molecule has 0 unspecified atom stereocenters. The summed E-state index contributed by atoms with van der Waals surface area (Å²) < 4.78 is 5.54. The highest BCUT2D eigenvalue weighted by Gasteiger charge is 2.23. The van der Waals surface area contributed by atoms with Gasteiger partial charge in [-0.3, -0.25) is 0 Å². The Morgan fingerprint density at radius 2 is 1.27 bits per heavy atom. The van der Waals surface area contributed by atoms with Crippen molar-refractivity contribution < 1.29 is 34.4 Å². The van der Waals surface area contributed by atoms with E-state index in [1.807, 2.05) is 0 Å². The van der Waals surface area contributed by atoms with Gasteiger partial charge in [-0.1, -0.05) is 30.3 Å². The van der Waals surface area contributed by atoms with E-state index in [9.17, 15) is 29.7 Å². The quantitative estimate of drug-likeness (QED) is 0.639. The van der Waals surface area contributed by atoms with Crippen LogP contribution in [0.5, 0.6) is 11.5 Å². The van der Waals surface area contributed by atoms with E-state index < -0.39 is 29.0 Å². The Balaban J connectivity index is 2.19. The maximum Gasteiger partial charge on any atom is 0.340 e. The second-order valence-corrected chi connectivity index (χ2v) is 5.39. The van der Waals surface area contributed by atoms with Crippen LogP contribution in [0.1, 0.15) is 31.1 Å². The second-order valence-electron chi connectivity index (χ2n) is 5.39. The van der Waals surface area contributed by atoms with E-state index in [1.165, 1.54) is 24.3 Å². The molecule has 7 heteroatoms. The van der Waals surface area contributed by atoms with Crippen LogP contribution in [0.4, 0.5) is 0 Å². The van der Waals surface area contributed by atoms with Crippen molar-refractivity contribution in [3.05, 3.63) is 71.3 Å². The fourth-order valence-corrected chi connectivity index (χ4v) is 2.60. The predicted octanol–water partition coefficient (Wildman–Crippen LogP) is 3.73. The number of benzene rings is 3. The molecule has 7 nitrogen and oxygen atoms in total. The van der Waals surface area contributed by atoms with Crippen molar-refractivity contribution in [3.8, 4) is 11.5 Å². The molecule has 0 aliphatic carbocycles. The summed E-state index contributed by atoms with van der Waals surface area (Å²) in [6, 6.07) is 13.6. The fourth-order valence-electron chi connectivity index (χ4n) is 2.60. The van der Waals surface area contributed by atoms with Crippen LogP contribution in [0.15, 0.2) is 54.6 Å². The Morgan fingerprint density at radius 3 is 1.85 bits per heavy atom. The van der Waals surface area contributed by atoms with E-state index >= 15 is 0 Å². The molecule has 3 aromatic carbocycles. The number of ether oxygens (including phenoxy) is 1. The van der Waals surface area contributed by atoms with Gasteiger partial charge in [0.25, 0.3) is 0 Å². The first-order chi connectivity index (χ1) is 12.4. The normalized spacial score (nSPS) is 10.5. The second kappa shape index (κ2) is 6.56. The smallest absolute Gasteiger partial charge is 0.340 e. The SMILES string of the molecule is O=C(O)c1cc2ccccc2cc1Oc1cccc(C(=O)O)c1C(=O)O. The minimum atomic E-state index is -1.49. The van der Waals surface area contributed by atoms with Crippen molar-refractivity contribution in [1.82, 2.24) is 0 Å². The molecule has 130 valence electrons. The van der Waals surface area contributed by atoms with Gasteiger partial charge in [-0.15, -0.1) is 0 Å². The number of fused-ring (bicyclic) bond motifs is 1. The Labute approximate surface area is 146 Å². The van der Waals surface area contributed by atoms with Crippen molar-refractivity contribution in [2.75, 3.05) is 0 Å². The highest BCUT2D eigenvalue weighted by molar-refractivity contribution is 6.04. The van der Waals surface area contributed by atoms with Crippen molar-refractivity contribution in [2.45, 2.75) is 0 Å². The van der Waals surface area contributed by atoms with Crippen LogP contribution >= 0.6 is 0 Å². The minimum Gasteiger partial charge on any atom is -0.478 e. The van der Waals surface area contributed by atoms with Crippen molar-refractivity contribution >= 4 is 28.7 Å². The average molecular weight is 352 g/mol. The molecule has 3 rings (SSSR count). The highest BCUT2D eigenvalue weighted by atomic mass is 16.5. The van der Waals surface area contributed by atoms with Crippen LogP contribution in [0.3, 0.4) is 0 Å². The van der Waals surface area contributed by atoms with Gasteiger partial charge in [-0.25, -0.2) is 14.4 Å². The van der Waals surface area contributed by atoms with Gasteiger partial charge >= 0.3 is 17.9 Å². The first kappa shape index (κ1) is 17.0. The molecule has 3 N–H and O–H groups in total. The Hall–Kier alpha value is -3.87. The summed E-state index contributed by atoms with van der Waals surface area (Å²) in [5.74, 6) is -4.51. The lowest BCUT2D eigenvalue weighted by molar-refractivity contribution is 0.0648. The number of carbonyl (C=O) groups is 3. The first-order valence-electron chi connectivity index (χ1n) is 7.42. The van der Waals surface area contributed by atoms with Gasteiger partial charge in [0.05, 0.1) is 5.56 Å². The van der Waals surface area contributed by atoms with Gasteiger partial charge in [-0.05, 0) is 35.0 Å². The summed E-state index contributed by atoms with van der Waals surface area (Å²) >= 11 is 0. The molecular weight excluding hydrogens is 340 g/mol. The molecule has 0 fully saturated rings. The molecule has 0 spiro atoms. The van der Waals surface area contributed by atoms with Gasteiger partial charge < -0.3 is 20.1 Å². The monoisotopic (exact) mass is 352 g/mol. The number of aromatic carboxylic acids is 3. The molecule has 0 saturated heterocycles. The Morgan fingerprint density at radius 1 is 0.654 bits per heavy atom. The molecule has 0 atom stereocenters. The third-order valence-corrected chi connectivity index (χ3v) is 3.77. The van der Waals surface area contributed by atoms with E-state index in [4.69, 9.17) is 4.74 Å². The summed E-state index contributed by atoms with van der Waals surface area (Å²) in [5, 5.41) is 29.3. The van der Waals surface area contributed by atoms with Gasteiger partial charge in [-0.2, -0.15) is 0 Å². The Kier molecular flexibility index (Phi) is 4.28. The molecule has 0 radical (unpaired) electrons. The fraction of sp³-hybridized carbons (Fsp3) is 0. The van der Waals surface area contributed by atoms with Crippen LogP contribution in [-0.2, 0) is 0 Å². The van der Waals surface area contributed by atoms with Gasteiger partial charge in [0.15, 0.2) is 0 Å². The molecule has 0 saturated carbocycles. The highest BCUT2D eigenvalue weighted by Crippen LogP contribution is 2.33. The molecule has 0 amide bonds. The Bertz CT molecular complexity index is 1050. The molecule has 0 heterocycles. The van der Waals surface area contributed by atoms with Crippen LogP contribution in [0, 0.1) is 0 Å². The average Bonchev–Trinajstić information content (AvgIpc) is 2.60. The number of hydrogen-bond donors (Lipinski definition) is 3. The van der Waals surface area contributed by atoms with Gasteiger partial charge in [0.2, 0.25) is 0 Å². The summed E-state index contributed by atoms with van der Waals surface area (Å²) in [5.41, 5.74) is -1.17. The molecular formula is C19H12O7. The lowest BCUT2D eigenvalue weighted by Gasteiger charge is -2.13. The summed E-state index contributed by atoms with van der Waals surface area (Å²) in [6.45, 7) is 0. The van der Waals surface area contributed by atoms with Crippen LogP contribution < -0.4 is 4.74 Å². The molecule has 0 aromatic heterocycles. The van der Waals surface area contributed by atoms with Crippen LogP contribution in [-0.4, -0.2) is 33.2 Å². The zero-order valence-corrected chi connectivity index (χ0v) is 13.2. The van der Waals surface area contributed by atoms with E-state index in [0.29, 0.717) is 10.8 Å². The van der Waals surface area contributed by atoms with Crippen molar-refractivity contribution in [2.24, 2.45) is 0 Å². The predicted molar refractivity (Wildman–Crippen MR) is 91.3 cm³/mol.